The Bertz CT molecular complexity index is 758. The van der Waals surface area contributed by atoms with Gasteiger partial charge in [-0.05, 0) is 53.6 Å². The van der Waals surface area contributed by atoms with Gasteiger partial charge in [-0.15, -0.1) is 11.3 Å². The van der Waals surface area contributed by atoms with Crippen molar-refractivity contribution in [3.63, 3.8) is 0 Å². The molecule has 0 saturated carbocycles. The Morgan fingerprint density at radius 2 is 2.00 bits per heavy atom. The van der Waals surface area contributed by atoms with E-state index < -0.39 is 6.10 Å². The third-order valence-corrected chi connectivity index (χ3v) is 5.13. The molecule has 2 aromatic carbocycles. The summed E-state index contributed by atoms with van der Waals surface area (Å²) in [6.07, 6.45) is 1.52. The van der Waals surface area contributed by atoms with Crippen molar-refractivity contribution < 1.29 is 9.84 Å². The van der Waals surface area contributed by atoms with E-state index in [0.717, 1.165) is 35.6 Å². The number of rotatable bonds is 2. The molecule has 1 aromatic heterocycles. The largest absolute Gasteiger partial charge is 0.493 e. The van der Waals surface area contributed by atoms with E-state index in [-0.39, 0.29) is 0 Å². The number of aryl methyl sites for hydroxylation is 1. The number of aliphatic hydroxyl groups excluding tert-OH is 1. The van der Waals surface area contributed by atoms with Gasteiger partial charge in [0.05, 0.1) is 6.61 Å². The van der Waals surface area contributed by atoms with Gasteiger partial charge in [0.2, 0.25) is 0 Å². The van der Waals surface area contributed by atoms with Crippen molar-refractivity contribution in [1.29, 1.82) is 0 Å². The van der Waals surface area contributed by atoms with Crippen LogP contribution in [-0.4, -0.2) is 11.7 Å². The lowest BCUT2D eigenvalue weighted by molar-refractivity contribution is 0.223. The van der Waals surface area contributed by atoms with Crippen LogP contribution in [0, 0.1) is 0 Å². The number of aliphatic hydroxyl groups is 1. The van der Waals surface area contributed by atoms with Crippen molar-refractivity contribution in [2.45, 2.75) is 18.9 Å². The van der Waals surface area contributed by atoms with Gasteiger partial charge in [0.15, 0.2) is 0 Å². The summed E-state index contributed by atoms with van der Waals surface area (Å²) >= 11 is 1.66. The van der Waals surface area contributed by atoms with Crippen LogP contribution >= 0.6 is 11.3 Å². The van der Waals surface area contributed by atoms with Gasteiger partial charge in [0, 0.05) is 9.58 Å². The predicted molar refractivity (Wildman–Crippen MR) is 86.1 cm³/mol. The first-order valence-corrected chi connectivity index (χ1v) is 8.05. The first-order chi connectivity index (χ1) is 10.3. The topological polar surface area (TPSA) is 29.5 Å². The molecule has 0 spiro atoms. The monoisotopic (exact) mass is 296 g/mol. The van der Waals surface area contributed by atoms with Gasteiger partial charge in [0.25, 0.3) is 0 Å². The van der Waals surface area contributed by atoms with Crippen LogP contribution < -0.4 is 4.74 Å². The third kappa shape index (κ3) is 2.33. The molecule has 1 aliphatic rings. The molecule has 106 valence electrons. The number of thiophene rings is 1. The van der Waals surface area contributed by atoms with Gasteiger partial charge in [0.1, 0.15) is 11.9 Å². The van der Waals surface area contributed by atoms with Gasteiger partial charge in [-0.3, -0.25) is 0 Å². The molecule has 1 aliphatic heterocycles. The molecule has 21 heavy (non-hydrogen) atoms. The summed E-state index contributed by atoms with van der Waals surface area (Å²) in [5.74, 6) is 0.966. The molecule has 1 unspecified atom stereocenters. The quantitative estimate of drug-likeness (QED) is 0.763. The van der Waals surface area contributed by atoms with Crippen LogP contribution in [0.15, 0.2) is 48.5 Å². The first-order valence-electron chi connectivity index (χ1n) is 7.23. The fourth-order valence-electron chi connectivity index (χ4n) is 2.85. The highest BCUT2D eigenvalue weighted by atomic mass is 32.1. The van der Waals surface area contributed by atoms with Crippen molar-refractivity contribution >= 4 is 21.4 Å². The van der Waals surface area contributed by atoms with E-state index >= 15 is 0 Å². The number of benzene rings is 2. The summed E-state index contributed by atoms with van der Waals surface area (Å²) < 4.78 is 6.85. The first kappa shape index (κ1) is 12.9. The highest BCUT2D eigenvalue weighted by Crippen LogP contribution is 2.35. The fourth-order valence-corrected chi connectivity index (χ4v) is 3.93. The van der Waals surface area contributed by atoms with Crippen LogP contribution in [0.2, 0.25) is 0 Å². The van der Waals surface area contributed by atoms with Crippen molar-refractivity contribution in [2.75, 3.05) is 6.61 Å². The average Bonchev–Trinajstić information content (AvgIpc) is 2.97. The van der Waals surface area contributed by atoms with E-state index in [1.165, 1.54) is 15.6 Å². The molecular formula is C18H16O2S. The molecule has 3 aromatic rings. The number of hydrogen-bond donors (Lipinski definition) is 1. The number of fused-ring (bicyclic) bond motifs is 2. The molecule has 0 amide bonds. The molecule has 0 saturated heterocycles. The zero-order chi connectivity index (χ0) is 14.2. The van der Waals surface area contributed by atoms with Crippen LogP contribution in [0.5, 0.6) is 5.75 Å². The zero-order valence-electron chi connectivity index (χ0n) is 11.6. The van der Waals surface area contributed by atoms with Crippen LogP contribution in [-0.2, 0) is 6.42 Å². The van der Waals surface area contributed by atoms with Gasteiger partial charge < -0.3 is 9.84 Å². The zero-order valence-corrected chi connectivity index (χ0v) is 12.4. The van der Waals surface area contributed by atoms with Crippen LogP contribution in [0.25, 0.3) is 10.1 Å². The van der Waals surface area contributed by atoms with Gasteiger partial charge in [-0.25, -0.2) is 0 Å². The lowest BCUT2D eigenvalue weighted by Crippen LogP contribution is -2.09. The minimum atomic E-state index is -0.561. The number of ether oxygens (including phenoxy) is 1. The van der Waals surface area contributed by atoms with E-state index in [1.807, 2.05) is 24.3 Å². The van der Waals surface area contributed by atoms with Gasteiger partial charge >= 0.3 is 0 Å². The summed E-state index contributed by atoms with van der Waals surface area (Å²) in [4.78, 5) is 0.993. The molecule has 1 atom stereocenters. The minimum Gasteiger partial charge on any atom is -0.493 e. The summed E-state index contributed by atoms with van der Waals surface area (Å²) in [7, 11) is 0. The van der Waals surface area contributed by atoms with Crippen molar-refractivity contribution in [2.24, 2.45) is 0 Å². The predicted octanol–water partition coefficient (Wildman–Crippen LogP) is 4.31. The maximum atomic E-state index is 10.7. The van der Waals surface area contributed by atoms with Crippen LogP contribution in [0.1, 0.15) is 28.5 Å². The smallest absolute Gasteiger partial charge is 0.122 e. The van der Waals surface area contributed by atoms with Crippen molar-refractivity contribution in [3.8, 4) is 5.75 Å². The Hall–Kier alpha value is -1.84. The fraction of sp³-hybridized carbons (Fsp3) is 0.222. The molecule has 0 bridgehead atoms. The van der Waals surface area contributed by atoms with Crippen molar-refractivity contribution in [1.82, 2.24) is 0 Å². The van der Waals surface area contributed by atoms with Gasteiger partial charge in [-0.1, -0.05) is 24.3 Å². The lowest BCUT2D eigenvalue weighted by Gasteiger charge is -2.19. The molecule has 1 N–H and O–H groups in total. The molecule has 4 rings (SSSR count). The van der Waals surface area contributed by atoms with E-state index in [0.29, 0.717) is 0 Å². The molecule has 0 fully saturated rings. The molecule has 2 heterocycles. The Morgan fingerprint density at radius 1 is 1.10 bits per heavy atom. The Labute approximate surface area is 127 Å². The maximum absolute atomic E-state index is 10.7. The second-order valence-electron chi connectivity index (χ2n) is 5.41. The Kier molecular flexibility index (Phi) is 3.17. The summed E-state index contributed by atoms with van der Waals surface area (Å²) in [6, 6.07) is 16.4. The van der Waals surface area contributed by atoms with Gasteiger partial charge in [-0.2, -0.15) is 0 Å². The summed E-state index contributed by atoms with van der Waals surface area (Å²) in [5.41, 5.74) is 2.16. The maximum Gasteiger partial charge on any atom is 0.122 e. The lowest BCUT2D eigenvalue weighted by atomic mass is 10.00. The second kappa shape index (κ2) is 5.17. The molecule has 2 nitrogen and oxygen atoms in total. The Balaban J connectivity index is 1.71. The van der Waals surface area contributed by atoms with Crippen LogP contribution in [0.4, 0.5) is 0 Å². The minimum absolute atomic E-state index is 0.561. The SMILES string of the molecule is OC(c1ccc2c(c1)CCCO2)c1cc2ccccc2s1. The molecule has 3 heteroatoms. The highest BCUT2D eigenvalue weighted by Gasteiger charge is 2.17. The molecule has 0 aliphatic carbocycles. The van der Waals surface area contributed by atoms with Crippen LogP contribution in [0.3, 0.4) is 0 Å². The summed E-state index contributed by atoms with van der Waals surface area (Å²) in [5, 5.41) is 11.9. The summed E-state index contributed by atoms with van der Waals surface area (Å²) in [6.45, 7) is 0.797. The van der Waals surface area contributed by atoms with Crippen molar-refractivity contribution in [3.05, 3.63) is 64.5 Å². The number of hydrogen-bond acceptors (Lipinski definition) is 3. The Morgan fingerprint density at radius 3 is 2.90 bits per heavy atom. The van der Waals surface area contributed by atoms with E-state index in [9.17, 15) is 5.11 Å². The average molecular weight is 296 g/mol. The highest BCUT2D eigenvalue weighted by molar-refractivity contribution is 7.19. The normalized spacial score (nSPS) is 15.5. The molecular weight excluding hydrogens is 280 g/mol. The standard InChI is InChI=1S/C18H16O2S/c19-18(17-11-13-4-1-2-6-16(13)21-17)14-7-8-15-12(10-14)5-3-9-20-15/h1-2,4,6-8,10-11,18-19H,3,5,9H2. The van der Waals surface area contributed by atoms with E-state index in [4.69, 9.17) is 4.74 Å². The van der Waals surface area contributed by atoms with E-state index in [1.54, 1.807) is 11.3 Å². The third-order valence-electron chi connectivity index (χ3n) is 3.96. The molecule has 0 radical (unpaired) electrons. The van der Waals surface area contributed by atoms with E-state index in [2.05, 4.69) is 24.3 Å². The second-order valence-corrected chi connectivity index (χ2v) is 6.52.